The quantitative estimate of drug-likeness (QED) is 0.264. The lowest BCUT2D eigenvalue weighted by Crippen LogP contribution is -2.41. The zero-order chi connectivity index (χ0) is 30.4. The maximum Gasteiger partial charge on any atom is 0.338 e. The molecular formula is C32H25BrClN3O5S. The molecule has 0 fully saturated rings. The number of thiazole rings is 1. The summed E-state index contributed by atoms with van der Waals surface area (Å²) in [4.78, 5) is 48.4. The molecule has 43 heavy (non-hydrogen) atoms. The first-order chi connectivity index (χ1) is 20.7. The number of fused-ring (bicyclic) bond motifs is 2. The van der Waals surface area contributed by atoms with Crippen LogP contribution in [0.4, 0.5) is 5.69 Å². The molecule has 1 atom stereocenters. The van der Waals surface area contributed by atoms with Gasteiger partial charge < -0.3 is 14.4 Å². The first kappa shape index (κ1) is 29.1. The number of anilines is 1. The highest BCUT2D eigenvalue weighted by Gasteiger charge is 2.37. The van der Waals surface area contributed by atoms with Gasteiger partial charge in [-0.1, -0.05) is 59.3 Å². The van der Waals surface area contributed by atoms with Crippen LogP contribution in [0.3, 0.4) is 0 Å². The number of allylic oxidation sites excluding steroid dienone is 1. The minimum atomic E-state index is -0.830. The number of benzene rings is 3. The number of amides is 1. The minimum absolute atomic E-state index is 0.165. The lowest BCUT2D eigenvalue weighted by Gasteiger charge is -2.25. The van der Waals surface area contributed by atoms with Gasteiger partial charge in [0.25, 0.3) is 11.5 Å². The summed E-state index contributed by atoms with van der Waals surface area (Å²) in [6.07, 6.45) is 0. The van der Waals surface area contributed by atoms with Crippen molar-refractivity contribution in [1.82, 2.24) is 4.57 Å². The zero-order valence-corrected chi connectivity index (χ0v) is 26.5. The topological polar surface area (TPSA) is 90.2 Å². The van der Waals surface area contributed by atoms with Crippen LogP contribution in [0.1, 0.15) is 36.6 Å². The minimum Gasteiger partial charge on any atom is -0.496 e. The Balaban J connectivity index is 1.57. The van der Waals surface area contributed by atoms with Crippen LogP contribution < -0.4 is 24.5 Å². The van der Waals surface area contributed by atoms with Crippen LogP contribution in [-0.2, 0) is 20.9 Å². The van der Waals surface area contributed by atoms with E-state index >= 15 is 0 Å². The number of para-hydroxylation sites is 1. The second-order valence-corrected chi connectivity index (χ2v) is 12.2. The molecule has 4 aromatic rings. The third-order valence-electron chi connectivity index (χ3n) is 7.39. The van der Waals surface area contributed by atoms with E-state index in [0.717, 1.165) is 16.9 Å². The highest BCUT2D eigenvalue weighted by atomic mass is 79.9. The SMILES string of the molecule is CCOC(=O)C1=C(C)N=c2s/c(=C3/C(=O)N(Cc4ccc(Cl)cc4)c4ccccc43)c(=O)n2[C@H]1c1ccc(OC)c(Br)c1. The summed E-state index contributed by atoms with van der Waals surface area (Å²) in [5.74, 6) is -0.243. The van der Waals surface area contributed by atoms with Crippen molar-refractivity contribution < 1.29 is 19.1 Å². The second-order valence-electron chi connectivity index (χ2n) is 9.93. The van der Waals surface area contributed by atoms with E-state index in [4.69, 9.17) is 21.1 Å². The van der Waals surface area contributed by atoms with Gasteiger partial charge in [-0.25, -0.2) is 9.79 Å². The molecular weight excluding hydrogens is 654 g/mol. The van der Waals surface area contributed by atoms with Gasteiger partial charge >= 0.3 is 5.97 Å². The van der Waals surface area contributed by atoms with E-state index in [1.54, 1.807) is 50.1 Å². The van der Waals surface area contributed by atoms with Gasteiger partial charge in [0.05, 0.1) is 53.3 Å². The van der Waals surface area contributed by atoms with Crippen molar-refractivity contribution in [2.45, 2.75) is 26.4 Å². The van der Waals surface area contributed by atoms with E-state index in [1.165, 1.54) is 4.57 Å². The van der Waals surface area contributed by atoms with Gasteiger partial charge in [-0.05, 0) is 71.2 Å². The second kappa shape index (κ2) is 11.6. The van der Waals surface area contributed by atoms with Crippen LogP contribution in [0, 0.1) is 0 Å². The molecule has 3 heterocycles. The third kappa shape index (κ3) is 5.03. The Morgan fingerprint density at radius 3 is 2.53 bits per heavy atom. The Kier molecular flexibility index (Phi) is 7.85. The van der Waals surface area contributed by atoms with Gasteiger partial charge in [-0.2, -0.15) is 0 Å². The average Bonchev–Trinajstić information content (AvgIpc) is 3.45. The first-order valence-electron chi connectivity index (χ1n) is 13.4. The normalized spacial score (nSPS) is 17.0. The van der Waals surface area contributed by atoms with Crippen molar-refractivity contribution in [2.75, 3.05) is 18.6 Å². The molecule has 0 saturated heterocycles. The van der Waals surface area contributed by atoms with Crippen LogP contribution in [0.5, 0.6) is 5.75 Å². The number of esters is 1. The molecule has 0 bridgehead atoms. The number of rotatable bonds is 6. The van der Waals surface area contributed by atoms with Gasteiger partial charge in [0, 0.05) is 10.6 Å². The number of aromatic nitrogens is 1. The number of hydrogen-bond acceptors (Lipinski definition) is 7. The Bertz CT molecular complexity index is 2020. The van der Waals surface area contributed by atoms with Crippen LogP contribution >= 0.6 is 38.9 Å². The first-order valence-corrected chi connectivity index (χ1v) is 15.4. The smallest absolute Gasteiger partial charge is 0.338 e. The van der Waals surface area contributed by atoms with Crippen molar-refractivity contribution in [3.63, 3.8) is 0 Å². The zero-order valence-electron chi connectivity index (χ0n) is 23.4. The summed E-state index contributed by atoms with van der Waals surface area (Å²) in [7, 11) is 1.56. The summed E-state index contributed by atoms with van der Waals surface area (Å²) in [5.41, 5.74) is 3.52. The highest BCUT2D eigenvalue weighted by molar-refractivity contribution is 9.10. The van der Waals surface area contributed by atoms with Crippen LogP contribution in [-0.4, -0.2) is 30.2 Å². The van der Waals surface area contributed by atoms with Gasteiger partial charge in [-0.3, -0.25) is 14.2 Å². The van der Waals surface area contributed by atoms with Crippen molar-refractivity contribution in [3.05, 3.63) is 124 Å². The van der Waals surface area contributed by atoms with E-state index in [2.05, 4.69) is 20.9 Å². The standard InChI is InChI=1S/C32H25BrClN3O5S/c1-4-42-31(40)25-17(2)35-32-37(27(25)19-11-14-24(41-3)22(33)15-19)30(39)28(43-32)26-21-7-5-6-8-23(21)36(29(26)38)16-18-9-12-20(34)13-10-18/h5-15,27H,4,16H2,1-3H3/b28-26+/t27-/m0/s1. The molecule has 11 heteroatoms. The molecule has 0 unspecified atom stereocenters. The Labute approximate surface area is 264 Å². The fourth-order valence-corrected chi connectivity index (χ4v) is 7.26. The number of carbonyl (C=O) groups excluding carboxylic acids is 2. The number of nitrogens with zero attached hydrogens (tertiary/aromatic N) is 3. The number of ether oxygens (including phenoxy) is 2. The van der Waals surface area contributed by atoms with E-state index in [-0.39, 0.29) is 22.6 Å². The molecule has 1 aromatic heterocycles. The molecule has 218 valence electrons. The Morgan fingerprint density at radius 1 is 1.09 bits per heavy atom. The number of carbonyl (C=O) groups is 2. The van der Waals surface area contributed by atoms with E-state index in [9.17, 15) is 14.4 Å². The predicted molar refractivity (Wildman–Crippen MR) is 169 cm³/mol. The highest BCUT2D eigenvalue weighted by Crippen LogP contribution is 2.37. The van der Waals surface area contributed by atoms with Crippen molar-refractivity contribution in [1.29, 1.82) is 0 Å². The fourth-order valence-electron chi connectivity index (χ4n) is 5.44. The largest absolute Gasteiger partial charge is 0.496 e. The molecule has 6 rings (SSSR count). The van der Waals surface area contributed by atoms with Crippen molar-refractivity contribution in [2.24, 2.45) is 4.99 Å². The number of methoxy groups -OCH3 is 1. The van der Waals surface area contributed by atoms with Gasteiger partial charge in [0.15, 0.2) is 4.80 Å². The van der Waals surface area contributed by atoms with Crippen molar-refractivity contribution >= 4 is 62.0 Å². The molecule has 1 amide bonds. The summed E-state index contributed by atoms with van der Waals surface area (Å²) < 4.78 is 13.2. The van der Waals surface area contributed by atoms with E-state index in [1.807, 2.05) is 42.5 Å². The Morgan fingerprint density at radius 2 is 1.84 bits per heavy atom. The molecule has 2 aliphatic rings. The molecule has 0 N–H and O–H groups in total. The molecule has 0 radical (unpaired) electrons. The molecule has 3 aromatic carbocycles. The van der Waals surface area contributed by atoms with E-state index in [0.29, 0.717) is 54.7 Å². The monoisotopic (exact) mass is 677 g/mol. The maximum atomic E-state index is 14.4. The van der Waals surface area contributed by atoms with Gasteiger partial charge in [0.2, 0.25) is 0 Å². The van der Waals surface area contributed by atoms with E-state index < -0.39 is 17.6 Å². The summed E-state index contributed by atoms with van der Waals surface area (Å²) in [5, 5.41) is 0.606. The lowest BCUT2D eigenvalue weighted by atomic mass is 9.96. The van der Waals surface area contributed by atoms with Crippen LogP contribution in [0.2, 0.25) is 5.02 Å². The molecule has 0 spiro atoms. The molecule has 2 aliphatic heterocycles. The number of halogens is 2. The van der Waals surface area contributed by atoms with Crippen molar-refractivity contribution in [3.8, 4) is 5.75 Å². The molecule has 8 nitrogen and oxygen atoms in total. The third-order valence-corrected chi connectivity index (χ3v) is 9.31. The lowest BCUT2D eigenvalue weighted by molar-refractivity contribution is -0.139. The van der Waals surface area contributed by atoms with Crippen LogP contribution in [0.25, 0.3) is 5.57 Å². The number of hydrogen-bond donors (Lipinski definition) is 0. The molecule has 0 saturated carbocycles. The Hall–Kier alpha value is -3.99. The van der Waals surface area contributed by atoms with Gasteiger partial charge in [0.1, 0.15) is 10.3 Å². The summed E-state index contributed by atoms with van der Waals surface area (Å²) >= 11 is 10.7. The fraction of sp³-hybridized carbons (Fsp3) is 0.188. The summed E-state index contributed by atoms with van der Waals surface area (Å²) in [6, 6.07) is 19.3. The van der Waals surface area contributed by atoms with Crippen LogP contribution in [0.15, 0.2) is 92.3 Å². The molecule has 0 aliphatic carbocycles. The summed E-state index contributed by atoms with van der Waals surface area (Å²) in [6.45, 7) is 3.92. The van der Waals surface area contributed by atoms with Gasteiger partial charge in [-0.15, -0.1) is 0 Å². The predicted octanol–water partition coefficient (Wildman–Crippen LogP) is 5.14. The maximum absolute atomic E-state index is 14.4. The average molecular weight is 679 g/mol.